The van der Waals surface area contributed by atoms with Crippen molar-refractivity contribution in [2.24, 2.45) is 5.73 Å². The van der Waals surface area contributed by atoms with Crippen LogP contribution in [0.3, 0.4) is 0 Å². The van der Waals surface area contributed by atoms with Gasteiger partial charge in [0.25, 0.3) is 0 Å². The molecule has 2 rings (SSSR count). The lowest BCUT2D eigenvalue weighted by molar-refractivity contribution is -0.275. The minimum absolute atomic E-state index is 0. The molecule has 0 unspecified atom stereocenters. The zero-order valence-corrected chi connectivity index (χ0v) is 13.5. The van der Waals surface area contributed by atoms with Gasteiger partial charge in [-0.15, -0.1) is 25.6 Å². The van der Waals surface area contributed by atoms with Crippen molar-refractivity contribution in [2.75, 3.05) is 13.2 Å². The van der Waals surface area contributed by atoms with Gasteiger partial charge in [-0.25, -0.2) is 4.39 Å². The van der Waals surface area contributed by atoms with Gasteiger partial charge in [0.1, 0.15) is 12.4 Å². The van der Waals surface area contributed by atoms with Gasteiger partial charge < -0.3 is 15.2 Å². The lowest BCUT2D eigenvalue weighted by atomic mass is 10.0. The maximum atomic E-state index is 13.9. The summed E-state index contributed by atoms with van der Waals surface area (Å²) in [6, 6.07) is 8.23. The van der Waals surface area contributed by atoms with Crippen molar-refractivity contribution in [3.05, 3.63) is 47.8 Å². The molecule has 2 aromatic carbocycles. The van der Waals surface area contributed by atoms with Crippen LogP contribution in [0, 0.1) is 12.7 Å². The van der Waals surface area contributed by atoms with Crippen LogP contribution < -0.4 is 15.2 Å². The molecule has 0 aromatic heterocycles. The predicted octanol–water partition coefficient (Wildman–Crippen LogP) is 4.46. The second-order valence-corrected chi connectivity index (χ2v) is 4.83. The van der Waals surface area contributed by atoms with E-state index < -0.39 is 17.9 Å². The van der Waals surface area contributed by atoms with E-state index in [0.29, 0.717) is 5.56 Å². The Labute approximate surface area is 142 Å². The summed E-state index contributed by atoms with van der Waals surface area (Å²) in [5, 5.41) is 0. The predicted molar refractivity (Wildman–Crippen MR) is 85.1 cm³/mol. The van der Waals surface area contributed by atoms with Crippen LogP contribution in [-0.4, -0.2) is 19.5 Å². The molecule has 0 aliphatic heterocycles. The fraction of sp³-hybridized carbons (Fsp3) is 0.250. The zero-order valence-electron chi connectivity index (χ0n) is 12.7. The van der Waals surface area contributed by atoms with E-state index >= 15 is 0 Å². The van der Waals surface area contributed by atoms with Gasteiger partial charge in [0.2, 0.25) is 0 Å². The molecule has 2 N–H and O–H groups in total. The highest BCUT2D eigenvalue weighted by Gasteiger charge is 2.32. The third-order valence-corrected chi connectivity index (χ3v) is 2.98. The second kappa shape index (κ2) is 8.21. The summed E-state index contributed by atoms with van der Waals surface area (Å²) in [5.74, 6) is -1.13. The van der Waals surface area contributed by atoms with Crippen LogP contribution in [0.2, 0.25) is 0 Å². The van der Waals surface area contributed by atoms with Crippen molar-refractivity contribution in [1.82, 2.24) is 0 Å². The molecule has 0 saturated heterocycles. The average molecular weight is 366 g/mol. The number of aryl methyl sites for hydroxylation is 1. The van der Waals surface area contributed by atoms with E-state index in [-0.39, 0.29) is 36.9 Å². The van der Waals surface area contributed by atoms with Gasteiger partial charge in [0.05, 0.1) is 0 Å². The molecule has 2 aromatic rings. The van der Waals surface area contributed by atoms with E-state index in [4.69, 9.17) is 10.5 Å². The summed E-state index contributed by atoms with van der Waals surface area (Å²) in [6.07, 6.45) is -4.85. The van der Waals surface area contributed by atoms with Gasteiger partial charge in [-0.1, -0.05) is 17.7 Å². The lowest BCUT2D eigenvalue weighted by Gasteiger charge is -2.15. The Kier molecular flexibility index (Phi) is 6.86. The fourth-order valence-electron chi connectivity index (χ4n) is 2.03. The fourth-order valence-corrected chi connectivity index (χ4v) is 2.03. The molecule has 0 bridgehead atoms. The molecule has 24 heavy (non-hydrogen) atoms. The molecule has 0 aliphatic carbocycles. The Bertz CT molecular complexity index is 692. The van der Waals surface area contributed by atoms with Gasteiger partial charge >= 0.3 is 6.36 Å². The molecule has 0 aliphatic rings. The highest BCUT2D eigenvalue weighted by molar-refractivity contribution is 5.85. The number of hydrogen-bond acceptors (Lipinski definition) is 3. The van der Waals surface area contributed by atoms with Crippen LogP contribution in [0.25, 0.3) is 11.1 Å². The average Bonchev–Trinajstić information content (AvgIpc) is 2.47. The van der Waals surface area contributed by atoms with E-state index in [1.165, 1.54) is 18.2 Å². The monoisotopic (exact) mass is 365 g/mol. The Morgan fingerprint density at radius 2 is 1.75 bits per heavy atom. The van der Waals surface area contributed by atoms with E-state index in [1.54, 1.807) is 19.1 Å². The first kappa shape index (κ1) is 20.1. The van der Waals surface area contributed by atoms with Crippen LogP contribution in [-0.2, 0) is 0 Å². The van der Waals surface area contributed by atoms with Crippen LogP contribution in [0.4, 0.5) is 17.6 Å². The van der Waals surface area contributed by atoms with E-state index in [1.807, 2.05) is 0 Å². The quantitative estimate of drug-likeness (QED) is 0.796. The van der Waals surface area contributed by atoms with Crippen molar-refractivity contribution in [2.45, 2.75) is 13.3 Å². The first-order valence-corrected chi connectivity index (χ1v) is 6.79. The van der Waals surface area contributed by atoms with Crippen LogP contribution >= 0.6 is 12.4 Å². The summed E-state index contributed by atoms with van der Waals surface area (Å²) in [7, 11) is 0. The molecule has 0 radical (unpaired) electrons. The largest absolute Gasteiger partial charge is 0.573 e. The molecule has 0 saturated carbocycles. The standard InChI is InChI=1S/C16H15F4NO2.ClH/c1-10-2-4-13(17)12(8-10)11-3-5-14(23-16(18,19)20)15(9-11)22-7-6-21;/h2-5,8-9H,6-7,21H2,1H3;1H. The molecule has 0 fully saturated rings. The van der Waals surface area contributed by atoms with Gasteiger partial charge in [-0.3, -0.25) is 0 Å². The summed E-state index contributed by atoms with van der Waals surface area (Å²) in [4.78, 5) is 0. The Morgan fingerprint density at radius 1 is 1.04 bits per heavy atom. The molecular weight excluding hydrogens is 350 g/mol. The Morgan fingerprint density at radius 3 is 2.38 bits per heavy atom. The number of benzene rings is 2. The molecular formula is C16H16ClF4NO2. The number of alkyl halides is 3. The smallest absolute Gasteiger partial charge is 0.488 e. The Balaban J connectivity index is 0.00000288. The summed E-state index contributed by atoms with van der Waals surface area (Å²) in [6.45, 7) is 1.92. The van der Waals surface area contributed by atoms with Crippen molar-refractivity contribution in [1.29, 1.82) is 0 Å². The summed E-state index contributed by atoms with van der Waals surface area (Å²) in [5.41, 5.74) is 6.77. The van der Waals surface area contributed by atoms with E-state index in [2.05, 4.69) is 4.74 Å². The van der Waals surface area contributed by atoms with E-state index in [9.17, 15) is 17.6 Å². The molecule has 0 atom stereocenters. The molecule has 132 valence electrons. The lowest BCUT2D eigenvalue weighted by Crippen LogP contribution is -2.18. The van der Waals surface area contributed by atoms with Gasteiger partial charge in [-0.2, -0.15) is 0 Å². The van der Waals surface area contributed by atoms with Crippen LogP contribution in [0.1, 0.15) is 5.56 Å². The zero-order chi connectivity index (χ0) is 17.0. The Hall–Kier alpha value is -1.99. The second-order valence-electron chi connectivity index (χ2n) is 4.83. The first-order chi connectivity index (χ1) is 10.8. The van der Waals surface area contributed by atoms with Crippen molar-refractivity contribution in [3.8, 4) is 22.6 Å². The number of nitrogens with two attached hydrogens (primary N) is 1. The highest BCUT2D eigenvalue weighted by Crippen LogP contribution is 2.36. The third kappa shape index (κ3) is 5.28. The van der Waals surface area contributed by atoms with Crippen molar-refractivity contribution < 1.29 is 27.0 Å². The topological polar surface area (TPSA) is 44.5 Å². The van der Waals surface area contributed by atoms with Gasteiger partial charge in [0, 0.05) is 12.1 Å². The highest BCUT2D eigenvalue weighted by atomic mass is 35.5. The normalized spacial score (nSPS) is 10.9. The molecule has 8 heteroatoms. The third-order valence-electron chi connectivity index (χ3n) is 2.98. The van der Waals surface area contributed by atoms with Gasteiger partial charge in [-0.05, 0) is 36.8 Å². The molecule has 0 spiro atoms. The number of hydrogen-bond donors (Lipinski definition) is 1. The van der Waals surface area contributed by atoms with Crippen LogP contribution in [0.5, 0.6) is 11.5 Å². The molecule has 0 amide bonds. The first-order valence-electron chi connectivity index (χ1n) is 6.79. The summed E-state index contributed by atoms with van der Waals surface area (Å²) >= 11 is 0. The minimum atomic E-state index is -4.85. The number of rotatable bonds is 5. The maximum Gasteiger partial charge on any atom is 0.573 e. The SMILES string of the molecule is Cc1ccc(F)c(-c2ccc(OC(F)(F)F)c(OCCN)c2)c1.Cl. The van der Waals surface area contributed by atoms with Crippen LogP contribution in [0.15, 0.2) is 36.4 Å². The molecule has 0 heterocycles. The molecule has 3 nitrogen and oxygen atoms in total. The summed E-state index contributed by atoms with van der Waals surface area (Å²) < 4.78 is 60.3. The van der Waals surface area contributed by atoms with Crippen molar-refractivity contribution >= 4 is 12.4 Å². The van der Waals surface area contributed by atoms with Crippen molar-refractivity contribution in [3.63, 3.8) is 0 Å². The number of ether oxygens (including phenoxy) is 2. The van der Waals surface area contributed by atoms with Gasteiger partial charge in [0.15, 0.2) is 11.5 Å². The maximum absolute atomic E-state index is 13.9. The minimum Gasteiger partial charge on any atom is -0.488 e. The number of halogens is 5. The van der Waals surface area contributed by atoms with E-state index in [0.717, 1.165) is 11.6 Å².